The van der Waals surface area contributed by atoms with Crippen LogP contribution in [0.5, 0.6) is 0 Å². The first-order valence-electron chi connectivity index (χ1n) is 8.51. The Hall–Kier alpha value is -3.14. The van der Waals surface area contributed by atoms with Crippen LogP contribution in [0, 0.1) is 20.8 Å². The maximum absolute atomic E-state index is 12.6. The number of benzene rings is 1. The molecule has 0 saturated heterocycles. The molecule has 0 fully saturated rings. The summed E-state index contributed by atoms with van der Waals surface area (Å²) in [7, 11) is 0.0397. The third kappa shape index (κ3) is 4.22. The van der Waals surface area contributed by atoms with E-state index in [1.165, 1.54) is 0 Å². The molecule has 3 rings (SSSR count). The summed E-state index contributed by atoms with van der Waals surface area (Å²) in [6, 6.07) is 8.69. The fourth-order valence-corrected chi connectivity index (χ4v) is 4.07. The van der Waals surface area contributed by atoms with Gasteiger partial charge in [0.05, 0.1) is 0 Å². The first kappa shape index (κ1) is 19.6. The Morgan fingerprint density at radius 3 is 2.21 bits per heavy atom. The summed E-state index contributed by atoms with van der Waals surface area (Å²) in [6.45, 7) is 4.97. The van der Waals surface area contributed by atoms with E-state index in [9.17, 15) is 8.42 Å². The number of aryl methyl sites for hydroxylation is 3. The molecule has 0 saturated carbocycles. The number of sulfonamides is 1. The lowest BCUT2D eigenvalue weighted by Gasteiger charge is -2.14. The Morgan fingerprint density at radius 2 is 1.64 bits per heavy atom. The van der Waals surface area contributed by atoms with Crippen molar-refractivity contribution in [2.45, 2.75) is 25.7 Å². The van der Waals surface area contributed by atoms with Crippen LogP contribution in [0.1, 0.15) is 17.3 Å². The quantitative estimate of drug-likeness (QED) is 0.647. The Kier molecular flexibility index (Phi) is 5.23. The monoisotopic (exact) mass is 402 g/mol. The smallest absolute Gasteiger partial charge is 0.267 e. The first-order chi connectivity index (χ1) is 13.2. The highest BCUT2D eigenvalue weighted by Gasteiger charge is 2.24. The summed E-state index contributed by atoms with van der Waals surface area (Å²) in [5.41, 5.74) is 1.51. The molecule has 0 radical (unpaired) electrons. The van der Waals surface area contributed by atoms with Gasteiger partial charge in [-0.3, -0.25) is 4.72 Å². The van der Waals surface area contributed by atoms with Crippen molar-refractivity contribution in [1.82, 2.24) is 15.1 Å². The summed E-state index contributed by atoms with van der Waals surface area (Å²) >= 11 is 0. The molecule has 0 amide bonds. The van der Waals surface area contributed by atoms with E-state index in [1.54, 1.807) is 38.1 Å². The molecule has 148 valence electrons. The lowest BCUT2D eigenvalue weighted by Crippen LogP contribution is -2.14. The lowest BCUT2D eigenvalue weighted by atomic mass is 10.3. The highest BCUT2D eigenvalue weighted by atomic mass is 32.2. The largest absolute Gasteiger partial charge is 0.363 e. The van der Waals surface area contributed by atoms with E-state index < -0.39 is 10.0 Å². The van der Waals surface area contributed by atoms with Gasteiger partial charge in [-0.1, -0.05) is 5.16 Å². The van der Waals surface area contributed by atoms with E-state index in [2.05, 4.69) is 25.2 Å². The molecule has 0 unspecified atom stereocenters. The van der Waals surface area contributed by atoms with Gasteiger partial charge < -0.3 is 14.7 Å². The van der Waals surface area contributed by atoms with Crippen molar-refractivity contribution < 1.29 is 12.9 Å². The van der Waals surface area contributed by atoms with Crippen molar-refractivity contribution >= 4 is 33.0 Å². The minimum atomic E-state index is -3.78. The second kappa shape index (κ2) is 7.47. The zero-order valence-electron chi connectivity index (χ0n) is 16.3. The molecule has 2 heterocycles. The normalized spacial score (nSPS) is 11.3. The van der Waals surface area contributed by atoms with Gasteiger partial charge in [-0.25, -0.2) is 18.4 Å². The predicted octanol–water partition coefficient (Wildman–Crippen LogP) is 3.00. The first-order valence-corrected chi connectivity index (χ1v) is 10.00. The fraction of sp³-hybridized carbons (Fsp3) is 0.278. The lowest BCUT2D eigenvalue weighted by molar-refractivity contribution is 0.390. The predicted molar refractivity (Wildman–Crippen MR) is 108 cm³/mol. The summed E-state index contributed by atoms with van der Waals surface area (Å²) in [4.78, 5) is 10.7. The SMILES string of the molecule is Cc1nc(Nc2ccc(NS(=O)(=O)c3c(C)noc3C)cc2)cc(N(C)C)n1. The number of rotatable bonds is 6. The van der Waals surface area contributed by atoms with Crippen molar-refractivity contribution in [3.05, 3.63) is 47.6 Å². The maximum atomic E-state index is 12.6. The molecule has 1 aromatic carbocycles. The molecule has 0 atom stereocenters. The van der Waals surface area contributed by atoms with Crippen LogP contribution in [-0.4, -0.2) is 37.6 Å². The van der Waals surface area contributed by atoms with Crippen molar-refractivity contribution in [2.75, 3.05) is 29.0 Å². The summed E-state index contributed by atoms with van der Waals surface area (Å²) in [5, 5.41) is 6.89. The van der Waals surface area contributed by atoms with Gasteiger partial charge in [0, 0.05) is 31.5 Å². The number of hydrogen-bond acceptors (Lipinski definition) is 8. The third-order valence-electron chi connectivity index (χ3n) is 3.93. The maximum Gasteiger partial charge on any atom is 0.267 e. The zero-order chi connectivity index (χ0) is 20.5. The van der Waals surface area contributed by atoms with Crippen molar-refractivity contribution in [3.63, 3.8) is 0 Å². The highest BCUT2D eigenvalue weighted by Crippen LogP contribution is 2.24. The highest BCUT2D eigenvalue weighted by molar-refractivity contribution is 7.92. The number of aromatic nitrogens is 3. The topological polar surface area (TPSA) is 113 Å². The van der Waals surface area contributed by atoms with Crippen LogP contribution in [0.15, 0.2) is 39.8 Å². The van der Waals surface area contributed by atoms with Crippen LogP contribution >= 0.6 is 0 Å². The van der Waals surface area contributed by atoms with Crippen LogP contribution in [0.4, 0.5) is 23.0 Å². The number of anilines is 4. The van der Waals surface area contributed by atoms with Crippen molar-refractivity contribution in [2.24, 2.45) is 0 Å². The Balaban J connectivity index is 1.77. The zero-order valence-corrected chi connectivity index (χ0v) is 17.1. The van der Waals surface area contributed by atoms with Gasteiger partial charge >= 0.3 is 0 Å². The molecule has 3 aromatic rings. The Morgan fingerprint density at radius 1 is 1.00 bits per heavy atom. The van der Waals surface area contributed by atoms with E-state index in [-0.39, 0.29) is 10.7 Å². The minimum Gasteiger partial charge on any atom is -0.363 e. The van der Waals surface area contributed by atoms with Crippen LogP contribution in [0.25, 0.3) is 0 Å². The molecule has 10 heteroatoms. The number of hydrogen-bond donors (Lipinski definition) is 2. The molecule has 2 N–H and O–H groups in total. The minimum absolute atomic E-state index is 0.0578. The van der Waals surface area contributed by atoms with Gasteiger partial charge in [-0.05, 0) is 45.0 Å². The molecule has 0 spiro atoms. The van der Waals surface area contributed by atoms with E-state index in [4.69, 9.17) is 4.52 Å². The van der Waals surface area contributed by atoms with E-state index in [0.29, 0.717) is 23.0 Å². The van der Waals surface area contributed by atoms with Gasteiger partial charge in [0.2, 0.25) is 0 Å². The van der Waals surface area contributed by atoms with Crippen molar-refractivity contribution in [3.8, 4) is 0 Å². The van der Waals surface area contributed by atoms with Crippen LogP contribution < -0.4 is 14.9 Å². The number of nitrogens with one attached hydrogen (secondary N) is 2. The Labute approximate surface area is 163 Å². The fourth-order valence-electron chi connectivity index (χ4n) is 2.68. The van der Waals surface area contributed by atoms with E-state index in [0.717, 1.165) is 11.5 Å². The van der Waals surface area contributed by atoms with Gasteiger partial charge in [0.1, 0.15) is 23.2 Å². The standard InChI is InChI=1S/C18H22N6O3S/c1-11-18(12(2)27-22-11)28(25,26)23-15-8-6-14(7-9-15)21-16-10-17(24(4)5)20-13(3)19-16/h6-10,23H,1-5H3,(H,19,20,21). The summed E-state index contributed by atoms with van der Waals surface area (Å²) < 4.78 is 32.6. The van der Waals surface area contributed by atoms with E-state index >= 15 is 0 Å². The molecular weight excluding hydrogens is 380 g/mol. The molecular formula is C18H22N6O3S. The average Bonchev–Trinajstić information content (AvgIpc) is 2.95. The molecule has 0 aliphatic rings. The molecule has 0 aliphatic carbocycles. The van der Waals surface area contributed by atoms with Crippen LogP contribution in [-0.2, 0) is 10.0 Å². The van der Waals surface area contributed by atoms with Gasteiger partial charge in [-0.15, -0.1) is 0 Å². The third-order valence-corrected chi connectivity index (χ3v) is 5.55. The molecule has 9 nitrogen and oxygen atoms in total. The summed E-state index contributed by atoms with van der Waals surface area (Å²) in [6.07, 6.45) is 0. The molecule has 28 heavy (non-hydrogen) atoms. The average molecular weight is 402 g/mol. The van der Waals surface area contributed by atoms with Gasteiger partial charge in [-0.2, -0.15) is 0 Å². The van der Waals surface area contributed by atoms with Crippen LogP contribution in [0.2, 0.25) is 0 Å². The number of nitrogens with zero attached hydrogens (tertiary/aromatic N) is 4. The molecule has 0 aliphatic heterocycles. The second-order valence-electron chi connectivity index (χ2n) is 6.51. The van der Waals surface area contributed by atoms with Crippen molar-refractivity contribution in [1.29, 1.82) is 0 Å². The van der Waals surface area contributed by atoms with E-state index in [1.807, 2.05) is 32.0 Å². The summed E-state index contributed by atoms with van der Waals surface area (Å²) in [5.74, 6) is 2.34. The van der Waals surface area contributed by atoms with Gasteiger partial charge in [0.15, 0.2) is 10.7 Å². The molecule has 2 aromatic heterocycles. The van der Waals surface area contributed by atoms with Gasteiger partial charge in [0.25, 0.3) is 10.0 Å². The Bertz CT molecular complexity index is 1070. The second-order valence-corrected chi connectivity index (χ2v) is 8.13. The molecule has 0 bridgehead atoms. The van der Waals surface area contributed by atoms with Crippen LogP contribution in [0.3, 0.4) is 0 Å².